The third kappa shape index (κ3) is 7.15. The lowest BCUT2D eigenvalue weighted by Crippen LogP contribution is -2.37. The highest BCUT2D eigenvalue weighted by Crippen LogP contribution is 2.48. The van der Waals surface area contributed by atoms with E-state index in [9.17, 15) is 32.3 Å². The van der Waals surface area contributed by atoms with Gasteiger partial charge in [0.15, 0.2) is 5.82 Å². The van der Waals surface area contributed by atoms with Gasteiger partial charge in [-0.3, -0.25) is 4.90 Å². The number of anilines is 2. The van der Waals surface area contributed by atoms with Crippen molar-refractivity contribution in [2.45, 2.75) is 89.3 Å². The van der Waals surface area contributed by atoms with Crippen LogP contribution in [0.5, 0.6) is 6.01 Å². The van der Waals surface area contributed by atoms with Gasteiger partial charge < -0.3 is 20.5 Å². The van der Waals surface area contributed by atoms with E-state index in [-0.39, 0.29) is 49.5 Å². The summed E-state index contributed by atoms with van der Waals surface area (Å²) in [4.78, 5) is 12.2. The van der Waals surface area contributed by atoms with Gasteiger partial charge in [0.2, 0.25) is 0 Å². The zero-order valence-electron chi connectivity index (χ0n) is 28.3. The molecule has 2 unspecified atom stereocenters. The van der Waals surface area contributed by atoms with E-state index in [1.807, 2.05) is 13.8 Å². The summed E-state index contributed by atoms with van der Waals surface area (Å²) in [5.74, 6) is -2.08. The summed E-state index contributed by atoms with van der Waals surface area (Å²) < 4.78 is 92.2. The lowest BCUT2D eigenvalue weighted by atomic mass is 9.91. The monoisotopic (exact) mass is 722 g/mol. The van der Waals surface area contributed by atoms with Crippen LogP contribution in [0.3, 0.4) is 0 Å². The molecular weight excluding hydrogens is 682 g/mol. The number of benzene rings is 2. The summed E-state index contributed by atoms with van der Waals surface area (Å²) in [5, 5.41) is 19.0. The third-order valence-electron chi connectivity index (χ3n) is 9.59. The molecule has 50 heavy (non-hydrogen) atoms. The third-order valence-corrected chi connectivity index (χ3v) is 10.6. The number of nitrogens with two attached hydrogens (primary N) is 1. The Bertz CT molecular complexity index is 1880. The van der Waals surface area contributed by atoms with Crippen molar-refractivity contribution < 1.29 is 36.2 Å². The van der Waals surface area contributed by atoms with E-state index in [0.717, 1.165) is 31.2 Å². The second-order valence-corrected chi connectivity index (χ2v) is 13.5. The highest BCUT2D eigenvalue weighted by atomic mass is 32.1. The number of halogens is 6. The molecule has 1 saturated carbocycles. The van der Waals surface area contributed by atoms with Crippen molar-refractivity contribution in [2.75, 3.05) is 37.9 Å². The van der Waals surface area contributed by atoms with Gasteiger partial charge in [0.25, 0.3) is 0 Å². The summed E-state index contributed by atoms with van der Waals surface area (Å²) >= 11 is 0.696. The standard InChI is InChI=1S/C26H22F5N5O2S.C7H12FN.C2H6/c1-36(11-3-5-12(37)6-4-11)24-14-9-16(26(29,30)31)19(20(28)21(14)34-25(35-24)38-2)13-7-8-17(27)22-18(13)15(10-32)23(33)39-22;8-6-4-7-2-1-3-9(7)5-6;1-2/h7-9,11-12,37H,3-6,33H2,1-2H3;6-7H,1-5H2;1-2H3. The fourth-order valence-electron chi connectivity index (χ4n) is 7.19. The predicted molar refractivity (Wildman–Crippen MR) is 183 cm³/mol. The summed E-state index contributed by atoms with van der Waals surface area (Å²) in [6.07, 6.45) is -0.553. The number of nitriles is 1. The Morgan fingerprint density at radius 3 is 2.44 bits per heavy atom. The van der Waals surface area contributed by atoms with Gasteiger partial charge in [0, 0.05) is 42.0 Å². The molecule has 0 bridgehead atoms. The van der Waals surface area contributed by atoms with Crippen molar-refractivity contribution in [2.24, 2.45) is 0 Å². The van der Waals surface area contributed by atoms with Gasteiger partial charge in [-0.15, -0.1) is 11.3 Å². The molecule has 7 rings (SSSR count). The maximum atomic E-state index is 16.4. The van der Waals surface area contributed by atoms with E-state index < -0.39 is 46.7 Å². The SMILES string of the molecule is CC.COc1nc(N(C)C2CCC(O)CC2)c2cc(C(F)(F)F)c(-c3ccc(F)c4sc(N)c(C#N)c34)c(F)c2n1.FC1CC2CCCN2C1. The molecule has 0 radical (unpaired) electrons. The quantitative estimate of drug-likeness (QED) is 0.203. The first-order chi connectivity index (χ1) is 23.8. The number of methoxy groups -OCH3 is 1. The maximum Gasteiger partial charge on any atom is 0.417 e. The lowest BCUT2D eigenvalue weighted by molar-refractivity contribution is -0.137. The Kier molecular flexibility index (Phi) is 11.3. The van der Waals surface area contributed by atoms with Crippen LogP contribution in [-0.2, 0) is 6.18 Å². The van der Waals surface area contributed by atoms with Crippen LogP contribution in [0.2, 0.25) is 0 Å². The van der Waals surface area contributed by atoms with E-state index in [0.29, 0.717) is 49.6 Å². The van der Waals surface area contributed by atoms with Crippen LogP contribution in [0.1, 0.15) is 69.9 Å². The minimum Gasteiger partial charge on any atom is -0.467 e. The van der Waals surface area contributed by atoms with Crippen molar-refractivity contribution >= 4 is 43.1 Å². The van der Waals surface area contributed by atoms with Gasteiger partial charge in [-0.1, -0.05) is 19.9 Å². The number of aliphatic hydroxyl groups excluding tert-OH is 1. The van der Waals surface area contributed by atoms with E-state index >= 15 is 4.39 Å². The van der Waals surface area contributed by atoms with Gasteiger partial charge in [-0.2, -0.15) is 28.4 Å². The Labute approximate surface area is 290 Å². The van der Waals surface area contributed by atoms with Crippen molar-refractivity contribution in [1.29, 1.82) is 5.26 Å². The van der Waals surface area contributed by atoms with Gasteiger partial charge in [-0.05, 0) is 69.2 Å². The van der Waals surface area contributed by atoms with Crippen LogP contribution in [0.4, 0.5) is 37.2 Å². The molecule has 2 aliphatic heterocycles. The van der Waals surface area contributed by atoms with E-state index in [4.69, 9.17) is 10.5 Å². The summed E-state index contributed by atoms with van der Waals surface area (Å²) in [6, 6.07) is 4.67. The molecule has 0 spiro atoms. The Morgan fingerprint density at radius 1 is 1.12 bits per heavy atom. The average Bonchev–Trinajstić information content (AvgIpc) is 3.78. The van der Waals surface area contributed by atoms with Gasteiger partial charge in [-0.25, -0.2) is 13.2 Å². The molecule has 4 heterocycles. The molecule has 1 aliphatic carbocycles. The first kappa shape index (κ1) is 37.4. The van der Waals surface area contributed by atoms with Crippen molar-refractivity contribution in [3.05, 3.63) is 41.0 Å². The van der Waals surface area contributed by atoms with Gasteiger partial charge >= 0.3 is 12.2 Å². The highest BCUT2D eigenvalue weighted by molar-refractivity contribution is 7.23. The largest absolute Gasteiger partial charge is 0.467 e. The van der Waals surface area contributed by atoms with Crippen LogP contribution in [-0.4, -0.2) is 71.6 Å². The van der Waals surface area contributed by atoms with Gasteiger partial charge in [0.05, 0.1) is 29.0 Å². The summed E-state index contributed by atoms with van der Waals surface area (Å²) in [6.45, 7) is 5.86. The highest BCUT2D eigenvalue weighted by Gasteiger charge is 2.39. The Morgan fingerprint density at radius 2 is 1.82 bits per heavy atom. The molecule has 3 fully saturated rings. The number of alkyl halides is 4. The van der Waals surface area contributed by atoms with Crippen molar-refractivity contribution in [1.82, 2.24) is 14.9 Å². The minimum atomic E-state index is -5.04. The fourth-order valence-corrected chi connectivity index (χ4v) is 8.14. The predicted octanol–water partition coefficient (Wildman–Crippen LogP) is 8.23. The number of rotatable bonds is 4. The van der Waals surface area contributed by atoms with Crippen molar-refractivity contribution in [3.63, 3.8) is 0 Å². The Hall–Kier alpha value is -3.87. The van der Waals surface area contributed by atoms with E-state index in [2.05, 4.69) is 14.9 Å². The molecule has 0 amide bonds. The molecule has 8 nitrogen and oxygen atoms in total. The summed E-state index contributed by atoms with van der Waals surface area (Å²) in [7, 11) is 2.89. The number of ether oxygens (including phenoxy) is 1. The topological polar surface area (TPSA) is 112 Å². The van der Waals surface area contributed by atoms with E-state index in [1.165, 1.54) is 20.0 Å². The molecule has 15 heteroatoms. The summed E-state index contributed by atoms with van der Waals surface area (Å²) in [5.41, 5.74) is 2.63. The molecule has 3 N–H and O–H groups in total. The maximum absolute atomic E-state index is 16.4. The number of fused-ring (bicyclic) bond motifs is 3. The lowest BCUT2D eigenvalue weighted by Gasteiger charge is -2.34. The molecule has 270 valence electrons. The van der Waals surface area contributed by atoms with Gasteiger partial charge in [0.1, 0.15) is 34.4 Å². The fraction of sp³-hybridized carbons (Fsp3) is 0.514. The van der Waals surface area contributed by atoms with Crippen LogP contribution in [0.15, 0.2) is 18.2 Å². The smallest absolute Gasteiger partial charge is 0.417 e. The number of nitrogens with zero attached hydrogens (tertiary/aromatic N) is 5. The number of aromatic nitrogens is 2. The second kappa shape index (κ2) is 15.2. The number of thiophene rings is 1. The second-order valence-electron chi connectivity index (χ2n) is 12.5. The first-order valence-corrected chi connectivity index (χ1v) is 17.5. The number of nitrogen functional groups attached to an aromatic ring is 1. The molecule has 4 aromatic rings. The molecule has 2 aromatic heterocycles. The normalized spacial score (nSPS) is 22.0. The number of aliphatic hydroxyl groups is 1. The molecule has 2 aromatic carbocycles. The van der Waals surface area contributed by atoms with Crippen LogP contribution >= 0.6 is 11.3 Å². The molecule has 3 aliphatic rings. The number of hydrogen-bond acceptors (Lipinski definition) is 9. The van der Waals surface area contributed by atoms with E-state index in [1.54, 1.807) is 18.0 Å². The molecular formula is C35H40F6N6O2S. The van der Waals surface area contributed by atoms with Crippen LogP contribution in [0, 0.1) is 23.0 Å². The van der Waals surface area contributed by atoms with Crippen LogP contribution in [0.25, 0.3) is 32.1 Å². The molecule has 2 atom stereocenters. The number of hydrogen-bond donors (Lipinski definition) is 2. The minimum absolute atomic E-state index is 0.0379. The zero-order chi connectivity index (χ0) is 36.5. The zero-order valence-corrected chi connectivity index (χ0v) is 29.1. The van der Waals surface area contributed by atoms with Crippen molar-refractivity contribution in [3.8, 4) is 23.2 Å². The molecule has 2 saturated heterocycles. The Balaban J connectivity index is 0.000000376. The van der Waals surface area contributed by atoms with Crippen LogP contribution < -0.4 is 15.4 Å². The average molecular weight is 723 g/mol. The first-order valence-electron chi connectivity index (χ1n) is 16.7.